The average Bonchev–Trinajstić information content (AvgIpc) is 3.16. The van der Waals surface area contributed by atoms with Gasteiger partial charge in [0.05, 0.1) is 11.7 Å². The number of benzene rings is 1. The molecule has 0 radical (unpaired) electrons. The number of allylic oxidation sites excluding steroid dienone is 1. The lowest BCUT2D eigenvalue weighted by Crippen LogP contribution is -2.55. The molecule has 3 nitrogen and oxygen atoms in total. The standard InChI is InChI=1S/C36H54O3/c1-23(2)12-11-13-24(3)28-22-29(37)32-26-16-17-30-34(4,5)31(39-33(38)25-14-9-8-10-15-25)19-21-35(30,6)27(26)18-20-36(28,32)7/h8-10,14-15,23-24,28-32,37H,11-13,16-22H2,1-7H3/t24-,28-,29-,30+,31+,32+,35-,36-/m1/s1. The van der Waals surface area contributed by atoms with E-state index in [0.29, 0.717) is 29.2 Å². The zero-order chi connectivity index (χ0) is 28.2. The quantitative estimate of drug-likeness (QED) is 0.280. The normalized spacial score (nSPS) is 38.1. The molecule has 0 heterocycles. The van der Waals surface area contributed by atoms with E-state index in [1.54, 1.807) is 11.1 Å². The Morgan fingerprint density at radius 1 is 1.00 bits per heavy atom. The van der Waals surface area contributed by atoms with Gasteiger partial charge < -0.3 is 9.84 Å². The van der Waals surface area contributed by atoms with Crippen LogP contribution in [0.15, 0.2) is 41.5 Å². The molecule has 2 fully saturated rings. The molecule has 8 atom stereocenters. The molecule has 4 aliphatic rings. The molecule has 0 saturated heterocycles. The minimum atomic E-state index is -0.200. The van der Waals surface area contributed by atoms with Crippen LogP contribution in [0.2, 0.25) is 0 Å². The van der Waals surface area contributed by atoms with Crippen molar-refractivity contribution >= 4 is 5.97 Å². The highest BCUT2D eigenvalue weighted by Gasteiger charge is 2.61. The molecule has 0 aliphatic heterocycles. The fraction of sp³-hybridized carbons (Fsp3) is 0.750. The van der Waals surface area contributed by atoms with E-state index in [0.717, 1.165) is 38.0 Å². The van der Waals surface area contributed by atoms with E-state index in [9.17, 15) is 9.90 Å². The summed E-state index contributed by atoms with van der Waals surface area (Å²) in [7, 11) is 0. The maximum atomic E-state index is 13.0. The number of hydrogen-bond donors (Lipinski definition) is 1. The molecule has 5 rings (SSSR count). The van der Waals surface area contributed by atoms with Gasteiger partial charge in [-0.15, -0.1) is 0 Å². The van der Waals surface area contributed by atoms with Crippen LogP contribution in [-0.2, 0) is 4.74 Å². The van der Waals surface area contributed by atoms with Gasteiger partial charge in [0.1, 0.15) is 6.10 Å². The number of fused-ring (bicyclic) bond motifs is 4. The molecule has 3 heteroatoms. The van der Waals surface area contributed by atoms with Crippen LogP contribution in [0, 0.1) is 45.8 Å². The molecule has 216 valence electrons. The number of rotatable bonds is 7. The first-order chi connectivity index (χ1) is 18.4. The maximum Gasteiger partial charge on any atom is 0.338 e. The van der Waals surface area contributed by atoms with Crippen molar-refractivity contribution in [3.05, 3.63) is 47.0 Å². The van der Waals surface area contributed by atoms with E-state index in [2.05, 4.69) is 48.5 Å². The van der Waals surface area contributed by atoms with Crippen molar-refractivity contribution in [2.75, 3.05) is 0 Å². The van der Waals surface area contributed by atoms with Crippen LogP contribution in [0.25, 0.3) is 0 Å². The Balaban J connectivity index is 1.36. The summed E-state index contributed by atoms with van der Waals surface area (Å²) in [6, 6.07) is 9.45. The van der Waals surface area contributed by atoms with Crippen molar-refractivity contribution in [2.45, 2.75) is 125 Å². The molecule has 1 aromatic carbocycles. The highest BCUT2D eigenvalue weighted by atomic mass is 16.5. The first-order valence-electron chi connectivity index (χ1n) is 16.1. The Kier molecular flexibility index (Phi) is 7.90. The summed E-state index contributed by atoms with van der Waals surface area (Å²) in [5.74, 6) is 2.69. The van der Waals surface area contributed by atoms with E-state index >= 15 is 0 Å². The Morgan fingerprint density at radius 3 is 2.41 bits per heavy atom. The largest absolute Gasteiger partial charge is 0.458 e. The fourth-order valence-electron chi connectivity index (χ4n) is 10.3. The number of ether oxygens (including phenoxy) is 1. The number of aliphatic hydroxyl groups is 1. The van der Waals surface area contributed by atoms with Crippen molar-refractivity contribution in [3.8, 4) is 0 Å². The van der Waals surface area contributed by atoms with E-state index in [4.69, 9.17) is 4.74 Å². The summed E-state index contributed by atoms with van der Waals surface area (Å²) in [5.41, 5.74) is 4.21. The molecule has 0 bridgehead atoms. The number of carbonyl (C=O) groups is 1. The lowest BCUT2D eigenvalue weighted by molar-refractivity contribution is -0.102. The molecule has 2 saturated carbocycles. The van der Waals surface area contributed by atoms with Gasteiger partial charge in [-0.2, -0.15) is 0 Å². The highest BCUT2D eigenvalue weighted by Crippen LogP contribution is 2.68. The zero-order valence-corrected chi connectivity index (χ0v) is 25.8. The van der Waals surface area contributed by atoms with Gasteiger partial charge in [-0.25, -0.2) is 4.79 Å². The molecule has 0 aromatic heterocycles. The summed E-state index contributed by atoms with van der Waals surface area (Å²) in [4.78, 5) is 13.0. The summed E-state index contributed by atoms with van der Waals surface area (Å²) >= 11 is 0. The summed E-state index contributed by atoms with van der Waals surface area (Å²) in [5, 5.41) is 11.6. The number of aliphatic hydroxyl groups excluding tert-OH is 1. The van der Waals surface area contributed by atoms with Gasteiger partial charge in [-0.05, 0) is 91.6 Å². The number of hydrogen-bond acceptors (Lipinski definition) is 3. The van der Waals surface area contributed by atoms with Crippen LogP contribution in [0.1, 0.15) is 123 Å². The van der Waals surface area contributed by atoms with E-state index in [-0.39, 0.29) is 34.4 Å². The molecule has 4 aliphatic carbocycles. The second-order valence-electron chi connectivity index (χ2n) is 15.3. The minimum absolute atomic E-state index is 0.0626. The molecular weight excluding hydrogens is 480 g/mol. The SMILES string of the molecule is CC(C)CCC[C@@H](C)[C@H]1C[C@@H](O)[C@@H]2C3=C(CC[C@]12C)[C@@]1(C)CC[C@H](OC(=O)c2ccccc2)C(C)(C)[C@@H]1CC3. The van der Waals surface area contributed by atoms with Gasteiger partial charge >= 0.3 is 5.97 Å². The van der Waals surface area contributed by atoms with Crippen LogP contribution >= 0.6 is 0 Å². The second-order valence-corrected chi connectivity index (χ2v) is 15.3. The molecule has 1 aromatic rings. The van der Waals surface area contributed by atoms with Crippen LogP contribution in [0.4, 0.5) is 0 Å². The average molecular weight is 535 g/mol. The predicted molar refractivity (Wildman–Crippen MR) is 159 cm³/mol. The topological polar surface area (TPSA) is 46.5 Å². The minimum Gasteiger partial charge on any atom is -0.458 e. The number of carbonyl (C=O) groups excluding carboxylic acids is 1. The molecule has 1 N–H and O–H groups in total. The number of esters is 1. The van der Waals surface area contributed by atoms with Crippen molar-refractivity contribution in [1.82, 2.24) is 0 Å². The van der Waals surface area contributed by atoms with Crippen LogP contribution in [0.3, 0.4) is 0 Å². The van der Waals surface area contributed by atoms with Gasteiger partial charge in [-0.3, -0.25) is 0 Å². The first-order valence-corrected chi connectivity index (χ1v) is 16.1. The van der Waals surface area contributed by atoms with Crippen molar-refractivity contribution in [1.29, 1.82) is 0 Å². The third-order valence-electron chi connectivity index (χ3n) is 12.3. The van der Waals surface area contributed by atoms with Crippen molar-refractivity contribution in [2.24, 2.45) is 45.8 Å². The lowest BCUT2D eigenvalue weighted by atomic mass is 9.45. The van der Waals surface area contributed by atoms with Crippen LogP contribution < -0.4 is 0 Å². The van der Waals surface area contributed by atoms with Crippen LogP contribution in [-0.4, -0.2) is 23.3 Å². The smallest absolute Gasteiger partial charge is 0.338 e. The molecule has 0 unspecified atom stereocenters. The summed E-state index contributed by atoms with van der Waals surface area (Å²) < 4.78 is 6.22. The lowest BCUT2D eigenvalue weighted by Gasteiger charge is -2.60. The van der Waals surface area contributed by atoms with Crippen LogP contribution in [0.5, 0.6) is 0 Å². The Bertz CT molecular complexity index is 1070. The van der Waals surface area contributed by atoms with E-state index < -0.39 is 0 Å². The maximum absolute atomic E-state index is 13.0. The van der Waals surface area contributed by atoms with Gasteiger partial charge in [0.25, 0.3) is 0 Å². The Morgan fingerprint density at radius 2 is 1.72 bits per heavy atom. The van der Waals surface area contributed by atoms with Crippen molar-refractivity contribution < 1.29 is 14.6 Å². The molecule has 39 heavy (non-hydrogen) atoms. The third-order valence-corrected chi connectivity index (χ3v) is 12.3. The Labute approximate surface area is 238 Å². The molecule has 0 amide bonds. The fourth-order valence-corrected chi connectivity index (χ4v) is 10.3. The van der Waals surface area contributed by atoms with Gasteiger partial charge in [-0.1, -0.05) is 97.1 Å². The first kappa shape index (κ1) is 28.9. The van der Waals surface area contributed by atoms with Gasteiger partial charge in [0.2, 0.25) is 0 Å². The van der Waals surface area contributed by atoms with E-state index in [1.165, 1.54) is 32.1 Å². The second kappa shape index (κ2) is 10.7. The highest BCUT2D eigenvalue weighted by molar-refractivity contribution is 5.89. The zero-order valence-electron chi connectivity index (χ0n) is 25.8. The molecule has 0 spiro atoms. The molecular formula is C36H54O3. The summed E-state index contributed by atoms with van der Waals surface area (Å²) in [6.45, 7) is 16.9. The summed E-state index contributed by atoms with van der Waals surface area (Å²) in [6.07, 6.45) is 11.2. The monoisotopic (exact) mass is 534 g/mol. The predicted octanol–water partition coefficient (Wildman–Crippen LogP) is 9.00. The van der Waals surface area contributed by atoms with Gasteiger partial charge in [0.15, 0.2) is 0 Å². The van der Waals surface area contributed by atoms with Gasteiger partial charge in [0, 0.05) is 11.3 Å². The van der Waals surface area contributed by atoms with E-state index in [1.807, 2.05) is 30.3 Å². The third kappa shape index (κ3) is 4.93. The van der Waals surface area contributed by atoms with Crippen molar-refractivity contribution in [3.63, 3.8) is 0 Å². The Hall–Kier alpha value is -1.61.